The SMILES string of the molecule is CC(C)C1=CN=CC1.c1ccccc1. The van der Waals surface area contributed by atoms with Gasteiger partial charge in [-0.15, -0.1) is 0 Å². The summed E-state index contributed by atoms with van der Waals surface area (Å²) in [6, 6.07) is 12.0. The number of allylic oxidation sites excluding steroid dienone is 1. The molecule has 0 radical (unpaired) electrons. The van der Waals surface area contributed by atoms with Gasteiger partial charge in [0, 0.05) is 18.8 Å². The first-order valence-electron chi connectivity index (χ1n) is 5.01. The maximum Gasteiger partial charge on any atom is 0.0262 e. The molecule has 1 heterocycles. The van der Waals surface area contributed by atoms with E-state index in [1.54, 1.807) is 0 Å². The van der Waals surface area contributed by atoms with Crippen molar-refractivity contribution in [1.29, 1.82) is 0 Å². The number of benzene rings is 1. The molecule has 0 N–H and O–H groups in total. The second-order valence-electron chi connectivity index (χ2n) is 3.55. The van der Waals surface area contributed by atoms with Crippen molar-refractivity contribution in [2.24, 2.45) is 10.9 Å². The summed E-state index contributed by atoms with van der Waals surface area (Å²) in [7, 11) is 0. The smallest absolute Gasteiger partial charge is 0.0262 e. The molecule has 0 fully saturated rings. The molecule has 0 bridgehead atoms. The first-order valence-corrected chi connectivity index (χ1v) is 5.01. The second kappa shape index (κ2) is 6.14. The number of aliphatic imine (C=N–C) groups is 1. The van der Waals surface area contributed by atoms with Crippen molar-refractivity contribution in [2.45, 2.75) is 20.3 Å². The predicted molar refractivity (Wildman–Crippen MR) is 62.5 cm³/mol. The molecule has 0 saturated heterocycles. The fourth-order valence-electron chi connectivity index (χ4n) is 1.13. The van der Waals surface area contributed by atoms with Crippen molar-refractivity contribution in [2.75, 3.05) is 0 Å². The Hall–Kier alpha value is -1.37. The third-order valence-electron chi connectivity index (χ3n) is 2.08. The maximum absolute atomic E-state index is 4.00. The van der Waals surface area contributed by atoms with Gasteiger partial charge < -0.3 is 0 Å². The zero-order chi connectivity index (χ0) is 10.2. The Morgan fingerprint density at radius 1 is 1.00 bits per heavy atom. The van der Waals surface area contributed by atoms with Gasteiger partial charge in [-0.05, 0) is 11.5 Å². The van der Waals surface area contributed by atoms with Gasteiger partial charge in [0.05, 0.1) is 0 Å². The molecule has 1 nitrogen and oxygen atoms in total. The lowest BCUT2D eigenvalue weighted by atomic mass is 10.0. The van der Waals surface area contributed by atoms with Crippen LogP contribution in [0, 0.1) is 5.92 Å². The van der Waals surface area contributed by atoms with Crippen molar-refractivity contribution in [3.05, 3.63) is 48.2 Å². The monoisotopic (exact) mass is 187 g/mol. The Labute approximate surface area is 86.2 Å². The third-order valence-corrected chi connectivity index (χ3v) is 2.08. The normalized spacial score (nSPS) is 13.5. The van der Waals surface area contributed by atoms with E-state index in [0.717, 1.165) is 6.42 Å². The summed E-state index contributed by atoms with van der Waals surface area (Å²) in [5, 5.41) is 0. The molecular formula is C13H17N. The van der Waals surface area contributed by atoms with Gasteiger partial charge in [-0.2, -0.15) is 0 Å². The highest BCUT2D eigenvalue weighted by atomic mass is 14.7. The molecule has 0 unspecified atom stereocenters. The Balaban J connectivity index is 0.000000146. The summed E-state index contributed by atoms with van der Waals surface area (Å²) in [5.74, 6) is 0.678. The molecule has 74 valence electrons. The summed E-state index contributed by atoms with van der Waals surface area (Å²) in [4.78, 5) is 4.00. The van der Waals surface area contributed by atoms with Crippen molar-refractivity contribution in [1.82, 2.24) is 0 Å². The number of nitrogens with zero attached hydrogens (tertiary/aromatic N) is 1. The second-order valence-corrected chi connectivity index (χ2v) is 3.55. The van der Waals surface area contributed by atoms with E-state index in [2.05, 4.69) is 18.8 Å². The first kappa shape index (κ1) is 10.7. The van der Waals surface area contributed by atoms with Crippen LogP contribution < -0.4 is 0 Å². The standard InChI is InChI=1S/C7H11N.C6H6/c1-6(2)7-3-4-8-5-7;1-2-4-6-5-3-1/h4-6H,3H2,1-2H3;1-6H. The topological polar surface area (TPSA) is 12.4 Å². The average molecular weight is 187 g/mol. The van der Waals surface area contributed by atoms with E-state index >= 15 is 0 Å². The van der Waals surface area contributed by atoms with Crippen LogP contribution in [0.1, 0.15) is 20.3 Å². The van der Waals surface area contributed by atoms with E-state index in [4.69, 9.17) is 0 Å². The Morgan fingerprint density at radius 3 is 1.71 bits per heavy atom. The molecule has 1 aromatic rings. The molecule has 0 saturated carbocycles. The van der Waals surface area contributed by atoms with E-state index in [1.165, 1.54) is 5.57 Å². The van der Waals surface area contributed by atoms with Crippen LogP contribution >= 0.6 is 0 Å². The molecule has 1 heteroatoms. The third kappa shape index (κ3) is 4.04. The van der Waals surface area contributed by atoms with Gasteiger partial charge in [-0.3, -0.25) is 4.99 Å². The summed E-state index contributed by atoms with van der Waals surface area (Å²) >= 11 is 0. The number of rotatable bonds is 1. The highest BCUT2D eigenvalue weighted by Crippen LogP contribution is 2.15. The van der Waals surface area contributed by atoms with Crippen LogP contribution in [-0.2, 0) is 0 Å². The fraction of sp³-hybridized carbons (Fsp3) is 0.308. The van der Waals surface area contributed by atoms with Crippen LogP contribution in [0.4, 0.5) is 0 Å². The Bertz CT molecular complexity index is 270. The van der Waals surface area contributed by atoms with Crippen LogP contribution in [0.15, 0.2) is 53.2 Å². The lowest BCUT2D eigenvalue weighted by molar-refractivity contribution is 0.759. The largest absolute Gasteiger partial charge is 0.269 e. The van der Waals surface area contributed by atoms with Crippen LogP contribution in [0.25, 0.3) is 0 Å². The maximum atomic E-state index is 4.00. The lowest BCUT2D eigenvalue weighted by Crippen LogP contribution is -1.89. The van der Waals surface area contributed by atoms with Crippen molar-refractivity contribution >= 4 is 6.21 Å². The minimum Gasteiger partial charge on any atom is -0.269 e. The van der Waals surface area contributed by atoms with Crippen LogP contribution in [-0.4, -0.2) is 6.21 Å². The lowest BCUT2D eigenvalue weighted by Gasteiger charge is -2.01. The highest BCUT2D eigenvalue weighted by Gasteiger charge is 2.03. The van der Waals surface area contributed by atoms with Gasteiger partial charge in [0.15, 0.2) is 0 Å². The van der Waals surface area contributed by atoms with Crippen molar-refractivity contribution < 1.29 is 0 Å². The van der Waals surface area contributed by atoms with Crippen LogP contribution in [0.2, 0.25) is 0 Å². The Morgan fingerprint density at radius 2 is 1.50 bits per heavy atom. The van der Waals surface area contributed by atoms with Gasteiger partial charge in [0.25, 0.3) is 0 Å². The van der Waals surface area contributed by atoms with Gasteiger partial charge in [-0.1, -0.05) is 50.2 Å². The van der Waals surface area contributed by atoms with Gasteiger partial charge in [0.2, 0.25) is 0 Å². The molecule has 0 amide bonds. The van der Waals surface area contributed by atoms with Crippen LogP contribution in [0.3, 0.4) is 0 Å². The molecule has 0 atom stereocenters. The van der Waals surface area contributed by atoms with E-state index in [1.807, 2.05) is 48.8 Å². The van der Waals surface area contributed by atoms with Crippen molar-refractivity contribution in [3.8, 4) is 0 Å². The summed E-state index contributed by atoms with van der Waals surface area (Å²) < 4.78 is 0. The zero-order valence-corrected chi connectivity index (χ0v) is 8.85. The zero-order valence-electron chi connectivity index (χ0n) is 8.85. The molecule has 14 heavy (non-hydrogen) atoms. The summed E-state index contributed by atoms with van der Waals surface area (Å²) in [5.41, 5.74) is 1.45. The predicted octanol–water partition coefficient (Wildman–Crippen LogP) is 3.69. The molecule has 1 aliphatic rings. The van der Waals surface area contributed by atoms with Gasteiger partial charge in [0.1, 0.15) is 0 Å². The Kier molecular flexibility index (Phi) is 4.70. The molecule has 1 aromatic carbocycles. The van der Waals surface area contributed by atoms with E-state index in [0.29, 0.717) is 5.92 Å². The van der Waals surface area contributed by atoms with Crippen LogP contribution in [0.5, 0.6) is 0 Å². The van der Waals surface area contributed by atoms with E-state index < -0.39 is 0 Å². The number of hydrogen-bond donors (Lipinski definition) is 0. The molecule has 0 spiro atoms. The fourth-order valence-corrected chi connectivity index (χ4v) is 1.13. The quantitative estimate of drug-likeness (QED) is 0.636. The van der Waals surface area contributed by atoms with E-state index in [9.17, 15) is 0 Å². The molecule has 1 aliphatic heterocycles. The minimum atomic E-state index is 0.678. The molecule has 2 rings (SSSR count). The molecular weight excluding hydrogens is 170 g/mol. The summed E-state index contributed by atoms with van der Waals surface area (Å²) in [6.45, 7) is 4.39. The van der Waals surface area contributed by atoms with E-state index in [-0.39, 0.29) is 0 Å². The minimum absolute atomic E-state index is 0.678. The van der Waals surface area contributed by atoms with Gasteiger partial charge in [-0.25, -0.2) is 0 Å². The molecule has 0 aliphatic carbocycles. The number of hydrogen-bond acceptors (Lipinski definition) is 1. The summed E-state index contributed by atoms with van der Waals surface area (Å²) in [6.07, 6.45) is 4.98. The highest BCUT2D eigenvalue weighted by molar-refractivity contribution is 5.65. The van der Waals surface area contributed by atoms with Gasteiger partial charge >= 0.3 is 0 Å². The molecule has 0 aromatic heterocycles. The first-order chi connectivity index (χ1) is 6.80. The average Bonchev–Trinajstić information content (AvgIpc) is 2.74. The van der Waals surface area contributed by atoms with Crippen molar-refractivity contribution in [3.63, 3.8) is 0 Å².